The lowest BCUT2D eigenvalue weighted by Crippen LogP contribution is -2.15. The first-order valence-corrected chi connectivity index (χ1v) is 13.9. The molecule has 0 saturated carbocycles. The smallest absolute Gasteiger partial charge is 0.264 e. The van der Waals surface area contributed by atoms with E-state index in [-0.39, 0.29) is 22.4 Å². The van der Waals surface area contributed by atoms with Crippen LogP contribution in [0.4, 0.5) is 11.6 Å². The fourth-order valence-corrected chi connectivity index (χ4v) is 5.43. The number of aryl methyl sites for hydroxylation is 1. The van der Waals surface area contributed by atoms with Crippen molar-refractivity contribution in [2.45, 2.75) is 30.4 Å². The molecule has 13 heteroatoms. The van der Waals surface area contributed by atoms with Crippen LogP contribution in [0.2, 0.25) is 0 Å². The first kappa shape index (κ1) is 25.4. The molecule has 0 saturated heterocycles. The minimum atomic E-state index is -3.88. The molecule has 0 atom stereocenters. The zero-order chi connectivity index (χ0) is 26.9. The number of sulfonamides is 1. The molecule has 0 aliphatic rings. The molecule has 0 unspecified atom stereocenters. The molecule has 0 aliphatic heterocycles. The fourth-order valence-electron chi connectivity index (χ4n) is 3.80. The average molecular weight is 550 g/mol. The molecular formula is C25H23N7O4S2. The third-order valence-corrected chi connectivity index (χ3v) is 8.02. The van der Waals surface area contributed by atoms with E-state index in [0.717, 1.165) is 22.7 Å². The number of para-hydroxylation sites is 1. The number of anilines is 2. The summed E-state index contributed by atoms with van der Waals surface area (Å²) in [5.74, 6) is -0.191. The van der Waals surface area contributed by atoms with Gasteiger partial charge in [0.25, 0.3) is 10.0 Å². The highest BCUT2D eigenvalue weighted by Gasteiger charge is 2.19. The Hall–Kier alpha value is -4.23. The van der Waals surface area contributed by atoms with E-state index in [1.807, 2.05) is 28.8 Å². The maximum atomic E-state index is 12.7. The number of nitrogens with one attached hydrogen (secondary N) is 2. The van der Waals surface area contributed by atoms with Gasteiger partial charge >= 0.3 is 0 Å². The Morgan fingerprint density at radius 2 is 1.89 bits per heavy atom. The van der Waals surface area contributed by atoms with Crippen molar-refractivity contribution >= 4 is 61.3 Å². The van der Waals surface area contributed by atoms with Crippen molar-refractivity contribution < 1.29 is 17.7 Å². The summed E-state index contributed by atoms with van der Waals surface area (Å²) < 4.78 is 34.7. The number of benzene rings is 2. The summed E-state index contributed by atoms with van der Waals surface area (Å²) in [6, 6.07) is 13.6. The second-order valence-corrected chi connectivity index (χ2v) is 11.0. The van der Waals surface area contributed by atoms with E-state index in [4.69, 9.17) is 4.52 Å². The van der Waals surface area contributed by atoms with Gasteiger partial charge < -0.3 is 14.4 Å². The summed E-state index contributed by atoms with van der Waals surface area (Å²) >= 11 is 1.15. The van der Waals surface area contributed by atoms with Gasteiger partial charge in [0.1, 0.15) is 5.52 Å². The topological polar surface area (TPSA) is 145 Å². The number of allylic oxidation sites excluding steroid dienone is 1. The zero-order valence-corrected chi connectivity index (χ0v) is 22.1. The second kappa shape index (κ2) is 10.3. The number of carbonyl (C=O) groups excluding carboxylic acids is 1. The number of hydrogen-bond donors (Lipinski definition) is 2. The molecule has 5 aromatic rings. The molecule has 0 spiro atoms. The number of nitrogens with zero attached hydrogens (tertiary/aromatic N) is 5. The van der Waals surface area contributed by atoms with Gasteiger partial charge in [0, 0.05) is 23.2 Å². The van der Waals surface area contributed by atoms with Gasteiger partial charge in [0.05, 0.1) is 21.9 Å². The molecule has 0 radical (unpaired) electrons. The average Bonchev–Trinajstić information content (AvgIpc) is 3.39. The van der Waals surface area contributed by atoms with Crippen LogP contribution in [0.15, 0.2) is 75.8 Å². The van der Waals surface area contributed by atoms with Crippen LogP contribution >= 0.6 is 11.8 Å². The Bertz CT molecular complexity index is 1780. The first-order valence-electron chi connectivity index (χ1n) is 11.5. The van der Waals surface area contributed by atoms with Gasteiger partial charge in [-0.15, -0.1) is 16.8 Å². The van der Waals surface area contributed by atoms with Gasteiger partial charge in [-0.3, -0.25) is 4.79 Å². The Labute approximate surface area is 222 Å². The van der Waals surface area contributed by atoms with Crippen LogP contribution in [-0.4, -0.2) is 45.0 Å². The van der Waals surface area contributed by atoms with Crippen LogP contribution in [0.3, 0.4) is 0 Å². The number of carbonyl (C=O) groups is 1. The largest absolute Gasteiger partial charge is 0.337 e. The lowest BCUT2D eigenvalue weighted by molar-refractivity contribution is -0.113. The van der Waals surface area contributed by atoms with Gasteiger partial charge in [-0.25, -0.2) is 18.1 Å². The molecule has 2 N–H and O–H groups in total. The zero-order valence-electron chi connectivity index (χ0n) is 20.5. The van der Waals surface area contributed by atoms with Gasteiger partial charge in [-0.2, -0.15) is 0 Å². The Morgan fingerprint density at radius 1 is 1.13 bits per heavy atom. The first-order chi connectivity index (χ1) is 18.3. The third kappa shape index (κ3) is 4.97. The van der Waals surface area contributed by atoms with Crippen molar-refractivity contribution in [1.29, 1.82) is 0 Å². The van der Waals surface area contributed by atoms with Crippen molar-refractivity contribution in [3.63, 3.8) is 0 Å². The molecule has 1 amide bonds. The number of rotatable bonds is 9. The van der Waals surface area contributed by atoms with Crippen LogP contribution < -0.4 is 10.0 Å². The third-order valence-electron chi connectivity index (χ3n) is 5.83. The van der Waals surface area contributed by atoms with Crippen molar-refractivity contribution in [2.75, 3.05) is 15.8 Å². The van der Waals surface area contributed by atoms with E-state index in [0.29, 0.717) is 39.8 Å². The Balaban J connectivity index is 1.24. The van der Waals surface area contributed by atoms with E-state index < -0.39 is 10.0 Å². The molecule has 0 fully saturated rings. The monoisotopic (exact) mass is 549 g/mol. The van der Waals surface area contributed by atoms with Crippen molar-refractivity contribution in [1.82, 2.24) is 24.9 Å². The van der Waals surface area contributed by atoms with Gasteiger partial charge in [0.2, 0.25) is 16.9 Å². The molecule has 2 aromatic carbocycles. The molecule has 194 valence electrons. The number of amides is 1. The highest BCUT2D eigenvalue weighted by molar-refractivity contribution is 7.99. The van der Waals surface area contributed by atoms with Crippen LogP contribution in [0.1, 0.15) is 11.3 Å². The Kier molecular flexibility index (Phi) is 6.87. The van der Waals surface area contributed by atoms with Crippen molar-refractivity contribution in [3.8, 4) is 0 Å². The lowest BCUT2D eigenvalue weighted by Gasteiger charge is -2.08. The molecule has 3 heterocycles. The number of hydrogen-bond acceptors (Lipinski definition) is 9. The maximum Gasteiger partial charge on any atom is 0.264 e. The normalized spacial score (nSPS) is 11.6. The maximum absolute atomic E-state index is 12.7. The SMILES string of the molecule is C=CCn1c2ccccc2c2nnc(SCC(=O)Nc3ccc(S(=O)(=O)Nc4onc(C)c4C)cc3)nc21. The number of thioether (sulfide) groups is 1. The van der Waals surface area contributed by atoms with E-state index in [9.17, 15) is 13.2 Å². The van der Waals surface area contributed by atoms with Gasteiger partial charge in [0.15, 0.2) is 5.65 Å². The molecule has 5 rings (SSSR count). The van der Waals surface area contributed by atoms with E-state index in [1.165, 1.54) is 24.3 Å². The molecule has 3 aromatic heterocycles. The van der Waals surface area contributed by atoms with E-state index in [2.05, 4.69) is 37.0 Å². The Morgan fingerprint density at radius 3 is 2.61 bits per heavy atom. The minimum Gasteiger partial charge on any atom is -0.337 e. The molecule has 38 heavy (non-hydrogen) atoms. The van der Waals surface area contributed by atoms with Crippen molar-refractivity contribution in [3.05, 3.63) is 72.4 Å². The molecule has 0 aliphatic carbocycles. The summed E-state index contributed by atoms with van der Waals surface area (Å²) in [5.41, 5.74) is 3.99. The standard InChI is InChI=1S/C25H23N7O4S2/c1-4-13-32-20-8-6-5-7-19(20)22-23(32)27-25(29-28-22)37-14-21(33)26-17-9-11-18(12-10-17)38(34,35)31-24-15(2)16(3)30-36-24/h4-12,31H,1,13-14H2,2-3H3,(H,26,33). The fraction of sp³-hybridized carbons (Fsp3) is 0.160. The molecular weight excluding hydrogens is 526 g/mol. The quantitative estimate of drug-likeness (QED) is 0.203. The lowest BCUT2D eigenvalue weighted by atomic mass is 10.2. The molecule has 11 nitrogen and oxygen atoms in total. The summed E-state index contributed by atoms with van der Waals surface area (Å²) in [5, 5.41) is 16.3. The molecule has 0 bridgehead atoms. The predicted molar refractivity (Wildman–Crippen MR) is 146 cm³/mol. The van der Waals surface area contributed by atoms with Crippen LogP contribution in [0, 0.1) is 13.8 Å². The highest BCUT2D eigenvalue weighted by Crippen LogP contribution is 2.27. The predicted octanol–water partition coefficient (Wildman–Crippen LogP) is 4.30. The summed E-state index contributed by atoms with van der Waals surface area (Å²) in [7, 11) is -3.88. The van der Waals surface area contributed by atoms with E-state index >= 15 is 0 Å². The summed E-state index contributed by atoms with van der Waals surface area (Å²) in [4.78, 5) is 17.2. The second-order valence-electron chi connectivity index (χ2n) is 8.37. The summed E-state index contributed by atoms with van der Waals surface area (Å²) in [6.45, 7) is 7.82. The van der Waals surface area contributed by atoms with Gasteiger partial charge in [-0.05, 0) is 44.2 Å². The minimum absolute atomic E-state index is 0.0148. The summed E-state index contributed by atoms with van der Waals surface area (Å²) in [6.07, 6.45) is 1.79. The van der Waals surface area contributed by atoms with Crippen LogP contribution in [-0.2, 0) is 21.4 Å². The van der Waals surface area contributed by atoms with Crippen LogP contribution in [0.25, 0.3) is 22.1 Å². The van der Waals surface area contributed by atoms with Gasteiger partial charge in [-0.1, -0.05) is 41.2 Å². The van der Waals surface area contributed by atoms with E-state index in [1.54, 1.807) is 19.9 Å². The highest BCUT2D eigenvalue weighted by atomic mass is 32.2. The number of fused-ring (bicyclic) bond motifs is 3. The van der Waals surface area contributed by atoms with Crippen molar-refractivity contribution in [2.24, 2.45) is 0 Å². The number of aromatic nitrogens is 5. The van der Waals surface area contributed by atoms with Crippen LogP contribution in [0.5, 0.6) is 0 Å².